The van der Waals surface area contributed by atoms with Crippen molar-refractivity contribution in [1.82, 2.24) is 4.98 Å². The lowest BCUT2D eigenvalue weighted by Crippen LogP contribution is -2.25. The molecule has 1 fully saturated rings. The van der Waals surface area contributed by atoms with E-state index in [1.807, 2.05) is 0 Å². The van der Waals surface area contributed by atoms with E-state index in [0.717, 1.165) is 5.33 Å². The smallest absolute Gasteiger partial charge is 0.228 e. The van der Waals surface area contributed by atoms with Gasteiger partial charge < -0.3 is 0 Å². The molecule has 1 unspecified atom stereocenters. The van der Waals surface area contributed by atoms with E-state index in [9.17, 15) is 9.18 Å². The molecule has 0 saturated carbocycles. The van der Waals surface area contributed by atoms with Gasteiger partial charge in [0.1, 0.15) is 11.6 Å². The van der Waals surface area contributed by atoms with Gasteiger partial charge in [-0.2, -0.15) is 0 Å². The molecule has 15 heavy (non-hydrogen) atoms. The van der Waals surface area contributed by atoms with E-state index in [2.05, 4.69) is 20.9 Å². The van der Waals surface area contributed by atoms with Gasteiger partial charge in [-0.3, -0.25) is 9.69 Å². The minimum absolute atomic E-state index is 0.0116. The molecule has 0 aliphatic carbocycles. The molecule has 5 heteroatoms. The zero-order valence-electron chi connectivity index (χ0n) is 7.99. The van der Waals surface area contributed by atoms with Crippen LogP contribution in [-0.4, -0.2) is 22.8 Å². The molecule has 3 nitrogen and oxygen atoms in total. The highest BCUT2D eigenvalue weighted by Crippen LogP contribution is 2.24. The molecule has 0 bridgehead atoms. The van der Waals surface area contributed by atoms with Crippen molar-refractivity contribution in [3.8, 4) is 0 Å². The summed E-state index contributed by atoms with van der Waals surface area (Å²) in [7, 11) is 0. The molecule has 0 N–H and O–H groups in total. The average molecular weight is 273 g/mol. The van der Waals surface area contributed by atoms with Crippen LogP contribution in [0.4, 0.5) is 10.2 Å². The maximum Gasteiger partial charge on any atom is 0.228 e. The third-order valence-electron chi connectivity index (χ3n) is 2.41. The normalized spacial score (nSPS) is 21.1. The molecule has 1 saturated heterocycles. The lowest BCUT2D eigenvalue weighted by molar-refractivity contribution is -0.117. The van der Waals surface area contributed by atoms with E-state index in [1.54, 1.807) is 0 Å². The van der Waals surface area contributed by atoms with E-state index in [4.69, 9.17) is 0 Å². The van der Waals surface area contributed by atoms with Crippen molar-refractivity contribution in [1.29, 1.82) is 0 Å². The Morgan fingerprint density at radius 3 is 3.07 bits per heavy atom. The van der Waals surface area contributed by atoms with Crippen molar-refractivity contribution in [2.24, 2.45) is 5.92 Å². The van der Waals surface area contributed by atoms with Crippen LogP contribution in [0.2, 0.25) is 0 Å². The Kier molecular flexibility index (Phi) is 3.00. The Morgan fingerprint density at radius 1 is 1.67 bits per heavy atom. The van der Waals surface area contributed by atoms with Crippen molar-refractivity contribution in [3.63, 3.8) is 0 Å². The number of amides is 1. The Balaban J connectivity index is 2.21. The van der Waals surface area contributed by atoms with Crippen LogP contribution in [0.15, 0.2) is 18.3 Å². The van der Waals surface area contributed by atoms with Crippen LogP contribution in [0.5, 0.6) is 0 Å². The van der Waals surface area contributed by atoms with Gasteiger partial charge in [0.05, 0.1) is 0 Å². The Bertz CT molecular complexity index is 385. The molecule has 0 radical (unpaired) electrons. The van der Waals surface area contributed by atoms with Crippen molar-refractivity contribution in [2.45, 2.75) is 6.42 Å². The van der Waals surface area contributed by atoms with E-state index in [0.29, 0.717) is 24.7 Å². The predicted molar refractivity (Wildman–Crippen MR) is 58.4 cm³/mol. The number of carbonyl (C=O) groups excluding carboxylic acids is 1. The maximum atomic E-state index is 12.9. The maximum absolute atomic E-state index is 12.9. The first-order valence-electron chi connectivity index (χ1n) is 4.68. The minimum Gasteiger partial charge on any atom is -0.296 e. The van der Waals surface area contributed by atoms with Crippen LogP contribution in [0, 0.1) is 11.7 Å². The van der Waals surface area contributed by atoms with E-state index in [1.165, 1.54) is 23.2 Å². The van der Waals surface area contributed by atoms with Crippen LogP contribution >= 0.6 is 15.9 Å². The number of aromatic nitrogens is 1. The van der Waals surface area contributed by atoms with Gasteiger partial charge in [-0.15, -0.1) is 0 Å². The molecule has 1 aliphatic heterocycles. The van der Waals surface area contributed by atoms with Gasteiger partial charge in [-0.1, -0.05) is 15.9 Å². The Morgan fingerprint density at radius 2 is 2.47 bits per heavy atom. The van der Waals surface area contributed by atoms with Crippen LogP contribution < -0.4 is 4.90 Å². The van der Waals surface area contributed by atoms with E-state index in [-0.39, 0.29) is 11.7 Å². The van der Waals surface area contributed by atoms with Gasteiger partial charge >= 0.3 is 0 Å². The number of alkyl halides is 1. The third kappa shape index (κ3) is 2.17. The number of pyridine rings is 1. The summed E-state index contributed by atoms with van der Waals surface area (Å²) >= 11 is 3.34. The number of nitrogens with zero attached hydrogens (tertiary/aromatic N) is 2. The fourth-order valence-electron chi connectivity index (χ4n) is 1.65. The quantitative estimate of drug-likeness (QED) is 0.772. The fraction of sp³-hybridized carbons (Fsp3) is 0.400. The highest BCUT2D eigenvalue weighted by atomic mass is 79.9. The molecule has 1 aliphatic rings. The lowest BCUT2D eigenvalue weighted by atomic mass is 10.2. The highest BCUT2D eigenvalue weighted by Gasteiger charge is 2.30. The second-order valence-electron chi connectivity index (χ2n) is 3.56. The monoisotopic (exact) mass is 272 g/mol. The summed E-state index contributed by atoms with van der Waals surface area (Å²) in [5.74, 6) is 0.346. The van der Waals surface area contributed by atoms with Gasteiger partial charge in [-0.05, 0) is 12.0 Å². The van der Waals surface area contributed by atoms with Crippen molar-refractivity contribution in [2.75, 3.05) is 16.8 Å². The van der Waals surface area contributed by atoms with E-state index < -0.39 is 0 Å². The van der Waals surface area contributed by atoms with Crippen LogP contribution in [0.1, 0.15) is 6.42 Å². The molecule has 0 aromatic carbocycles. The van der Waals surface area contributed by atoms with Crippen LogP contribution in [-0.2, 0) is 4.79 Å². The van der Waals surface area contributed by atoms with Crippen molar-refractivity contribution >= 4 is 27.7 Å². The number of halogens is 2. The molecule has 80 valence electrons. The first-order chi connectivity index (χ1) is 7.20. The Hall–Kier alpha value is -0.970. The van der Waals surface area contributed by atoms with Crippen LogP contribution in [0.3, 0.4) is 0 Å². The summed E-state index contributed by atoms with van der Waals surface area (Å²) in [6.07, 6.45) is 1.88. The summed E-state index contributed by atoms with van der Waals surface area (Å²) in [6, 6.07) is 2.56. The van der Waals surface area contributed by atoms with Crippen molar-refractivity contribution < 1.29 is 9.18 Å². The number of hydrogen-bond acceptors (Lipinski definition) is 2. The number of hydrogen-bond donors (Lipinski definition) is 0. The second-order valence-corrected chi connectivity index (χ2v) is 4.21. The number of rotatable bonds is 2. The minimum atomic E-state index is -0.366. The zero-order chi connectivity index (χ0) is 10.8. The third-order valence-corrected chi connectivity index (χ3v) is 3.32. The molecule has 0 spiro atoms. The number of carbonyl (C=O) groups is 1. The van der Waals surface area contributed by atoms with Crippen molar-refractivity contribution in [3.05, 3.63) is 24.1 Å². The largest absolute Gasteiger partial charge is 0.296 e. The van der Waals surface area contributed by atoms with E-state index >= 15 is 0 Å². The highest BCUT2D eigenvalue weighted by molar-refractivity contribution is 9.09. The summed E-state index contributed by atoms with van der Waals surface area (Å²) < 4.78 is 12.9. The topological polar surface area (TPSA) is 33.2 Å². The first kappa shape index (κ1) is 10.5. The number of anilines is 1. The average Bonchev–Trinajstić information content (AvgIpc) is 2.60. The molecule has 1 atom stereocenters. The van der Waals surface area contributed by atoms with Gasteiger partial charge in [0, 0.05) is 30.6 Å². The second kappa shape index (κ2) is 4.26. The molecule has 1 amide bonds. The van der Waals surface area contributed by atoms with Gasteiger partial charge in [0.2, 0.25) is 5.91 Å². The predicted octanol–water partition coefficient (Wildman–Crippen LogP) is 1.97. The Labute approximate surface area is 95.4 Å². The van der Waals surface area contributed by atoms with Gasteiger partial charge in [0.15, 0.2) is 0 Å². The van der Waals surface area contributed by atoms with Gasteiger partial charge in [0.25, 0.3) is 0 Å². The lowest BCUT2D eigenvalue weighted by Gasteiger charge is -2.14. The standard InChI is InChI=1S/C10H10BrFN2O/c11-5-7-3-10(15)14(6-7)9-4-8(12)1-2-13-9/h1-2,4,7H,3,5-6H2. The molecule has 1 aromatic rings. The van der Waals surface area contributed by atoms with Gasteiger partial charge in [-0.25, -0.2) is 9.37 Å². The summed E-state index contributed by atoms with van der Waals surface area (Å²) in [4.78, 5) is 17.1. The molecular weight excluding hydrogens is 263 g/mol. The molecule has 2 heterocycles. The first-order valence-corrected chi connectivity index (χ1v) is 5.80. The summed E-state index contributed by atoms with van der Waals surface area (Å²) in [6.45, 7) is 0.612. The SMILES string of the molecule is O=C1CC(CBr)CN1c1cc(F)ccn1. The summed E-state index contributed by atoms with van der Waals surface area (Å²) in [5, 5.41) is 0.782. The molecular formula is C10H10BrFN2O. The van der Waals surface area contributed by atoms with Crippen LogP contribution in [0.25, 0.3) is 0 Å². The molecule has 2 rings (SSSR count). The molecule has 1 aromatic heterocycles. The fourth-order valence-corrected chi connectivity index (χ4v) is 2.08. The summed E-state index contributed by atoms with van der Waals surface area (Å²) in [5.41, 5.74) is 0. The zero-order valence-corrected chi connectivity index (χ0v) is 9.58.